The van der Waals surface area contributed by atoms with Crippen molar-refractivity contribution in [3.8, 4) is 0 Å². The SMILES string of the molecule is CC(O)(c1ccc(N2CCN(S(=O)(=O)c3ccccc3S)C[C@@H]2CSc2cccc(F)c2)cc1)C(F)(F)F. The van der Waals surface area contributed by atoms with Crippen LogP contribution in [0, 0.1) is 5.82 Å². The van der Waals surface area contributed by atoms with Crippen LogP contribution in [0.2, 0.25) is 0 Å². The second-order valence-electron chi connectivity index (χ2n) is 9.06. The summed E-state index contributed by atoms with van der Waals surface area (Å²) in [6.45, 7) is 1.23. The molecule has 38 heavy (non-hydrogen) atoms. The van der Waals surface area contributed by atoms with Gasteiger partial charge in [0.1, 0.15) is 5.82 Å². The van der Waals surface area contributed by atoms with Gasteiger partial charge in [0.05, 0.1) is 10.9 Å². The van der Waals surface area contributed by atoms with Crippen LogP contribution in [0.5, 0.6) is 0 Å². The van der Waals surface area contributed by atoms with E-state index in [-0.39, 0.29) is 36.1 Å². The number of halogens is 4. The normalized spacial score (nSPS) is 18.8. The Morgan fingerprint density at radius 2 is 1.71 bits per heavy atom. The molecule has 3 aromatic carbocycles. The minimum atomic E-state index is -4.85. The zero-order valence-corrected chi connectivity index (χ0v) is 22.8. The minimum Gasteiger partial charge on any atom is -0.376 e. The lowest BCUT2D eigenvalue weighted by molar-refractivity contribution is -0.258. The Hall–Kier alpha value is -2.25. The average Bonchev–Trinajstić information content (AvgIpc) is 2.87. The molecule has 1 saturated heterocycles. The van der Waals surface area contributed by atoms with Gasteiger partial charge in [-0.1, -0.05) is 30.3 Å². The molecule has 1 fully saturated rings. The van der Waals surface area contributed by atoms with Crippen LogP contribution in [0.4, 0.5) is 23.2 Å². The molecule has 3 aromatic rings. The van der Waals surface area contributed by atoms with Crippen LogP contribution in [-0.2, 0) is 15.6 Å². The van der Waals surface area contributed by atoms with Crippen LogP contribution >= 0.6 is 24.4 Å². The third-order valence-corrected chi connectivity index (χ3v) is 10.1. The molecule has 0 saturated carbocycles. The van der Waals surface area contributed by atoms with Crippen molar-refractivity contribution in [2.24, 2.45) is 0 Å². The van der Waals surface area contributed by atoms with Crippen LogP contribution in [0.1, 0.15) is 12.5 Å². The second kappa shape index (κ2) is 11.1. The number of sulfonamides is 1. The van der Waals surface area contributed by atoms with Crippen LogP contribution in [-0.4, -0.2) is 55.4 Å². The summed E-state index contributed by atoms with van der Waals surface area (Å²) < 4.78 is 81.8. The number of thioether (sulfide) groups is 1. The van der Waals surface area contributed by atoms with Crippen molar-refractivity contribution >= 4 is 40.1 Å². The van der Waals surface area contributed by atoms with Gasteiger partial charge in [-0.3, -0.25) is 0 Å². The summed E-state index contributed by atoms with van der Waals surface area (Å²) in [5.74, 6) is -0.00240. The number of nitrogens with zero attached hydrogens (tertiary/aromatic N) is 2. The van der Waals surface area contributed by atoms with Gasteiger partial charge in [-0.25, -0.2) is 12.8 Å². The number of hydrogen-bond donors (Lipinski definition) is 2. The molecule has 2 atom stereocenters. The van der Waals surface area contributed by atoms with E-state index in [1.54, 1.807) is 30.3 Å². The molecule has 0 aliphatic carbocycles. The van der Waals surface area contributed by atoms with Crippen molar-refractivity contribution in [1.29, 1.82) is 0 Å². The number of alkyl halides is 3. The maximum atomic E-state index is 13.7. The Morgan fingerprint density at radius 3 is 2.34 bits per heavy atom. The molecule has 1 unspecified atom stereocenters. The number of thiol groups is 1. The van der Waals surface area contributed by atoms with Gasteiger partial charge in [-0.2, -0.15) is 17.5 Å². The summed E-state index contributed by atoms with van der Waals surface area (Å²) in [7, 11) is -3.86. The van der Waals surface area contributed by atoms with Gasteiger partial charge in [-0.05, 0) is 55.0 Å². The molecule has 12 heteroatoms. The Bertz CT molecular complexity index is 1380. The van der Waals surface area contributed by atoms with Crippen LogP contribution in [0.15, 0.2) is 87.5 Å². The minimum absolute atomic E-state index is 0.0899. The average molecular weight is 587 g/mol. The molecule has 1 aliphatic heterocycles. The zero-order chi connectivity index (χ0) is 27.7. The van der Waals surface area contributed by atoms with E-state index >= 15 is 0 Å². The lowest BCUT2D eigenvalue weighted by atomic mass is 9.95. The number of rotatable bonds is 7. The fraction of sp³-hybridized carbons (Fsp3) is 0.308. The standard InChI is InChI=1S/C26H26F4N2O3S3/c1-25(33,26(28,29)30)18-9-11-20(12-10-18)32-14-13-31(38(34,35)24-8-3-2-7-23(24)36)16-21(32)17-37-22-6-4-5-19(27)15-22/h2-12,15,21,33,36H,13-14,16-17H2,1H3/t21-,25?/m1/s1. The number of benzene rings is 3. The molecule has 0 amide bonds. The molecule has 0 spiro atoms. The highest BCUT2D eigenvalue weighted by Gasteiger charge is 2.51. The topological polar surface area (TPSA) is 60.9 Å². The first-order valence-corrected chi connectivity index (χ1v) is 14.5. The highest BCUT2D eigenvalue weighted by Crippen LogP contribution is 2.39. The Morgan fingerprint density at radius 1 is 1.03 bits per heavy atom. The molecule has 4 rings (SSSR count). The molecule has 1 heterocycles. The molecule has 0 radical (unpaired) electrons. The number of anilines is 1. The lowest BCUT2D eigenvalue weighted by Crippen LogP contribution is -2.56. The fourth-order valence-electron chi connectivity index (χ4n) is 4.23. The Kier molecular flexibility index (Phi) is 8.39. The third-order valence-electron chi connectivity index (χ3n) is 6.48. The maximum absolute atomic E-state index is 13.7. The van der Waals surface area contributed by atoms with Crippen molar-refractivity contribution in [3.05, 3.63) is 84.2 Å². The van der Waals surface area contributed by atoms with Crippen molar-refractivity contribution in [3.63, 3.8) is 0 Å². The predicted octanol–water partition coefficient (Wildman–Crippen LogP) is 5.56. The smallest absolute Gasteiger partial charge is 0.376 e. The number of aliphatic hydroxyl groups is 1. The first kappa shape index (κ1) is 28.8. The monoisotopic (exact) mass is 586 g/mol. The van der Waals surface area contributed by atoms with Crippen LogP contribution in [0.3, 0.4) is 0 Å². The van der Waals surface area contributed by atoms with E-state index in [1.165, 1.54) is 58.5 Å². The molecule has 0 bridgehead atoms. The van der Waals surface area contributed by atoms with Gasteiger partial charge in [0.15, 0.2) is 5.60 Å². The molecule has 1 aliphatic rings. The molecule has 204 valence electrons. The summed E-state index contributed by atoms with van der Waals surface area (Å²) in [4.78, 5) is 3.01. The van der Waals surface area contributed by atoms with Gasteiger partial charge >= 0.3 is 6.18 Å². The molecular formula is C26H26F4N2O3S3. The Balaban J connectivity index is 1.62. The fourth-order valence-corrected chi connectivity index (χ4v) is 7.33. The van der Waals surface area contributed by atoms with E-state index in [1.807, 2.05) is 4.90 Å². The maximum Gasteiger partial charge on any atom is 0.421 e. The largest absolute Gasteiger partial charge is 0.421 e. The zero-order valence-electron chi connectivity index (χ0n) is 20.3. The van der Waals surface area contributed by atoms with Crippen molar-refractivity contribution in [2.75, 3.05) is 30.3 Å². The van der Waals surface area contributed by atoms with Gasteiger partial charge < -0.3 is 10.0 Å². The predicted molar refractivity (Wildman–Crippen MR) is 143 cm³/mol. The summed E-state index contributed by atoms with van der Waals surface area (Å²) in [5, 5.41) is 10.0. The number of piperazine rings is 1. The Labute approximate surface area is 228 Å². The first-order chi connectivity index (χ1) is 17.8. The van der Waals surface area contributed by atoms with E-state index in [4.69, 9.17) is 0 Å². The second-order valence-corrected chi connectivity index (χ2v) is 12.5. The number of hydrogen-bond acceptors (Lipinski definition) is 6. The lowest BCUT2D eigenvalue weighted by Gasteiger charge is -2.42. The van der Waals surface area contributed by atoms with Gasteiger partial charge in [-0.15, -0.1) is 24.4 Å². The molecule has 5 nitrogen and oxygen atoms in total. The van der Waals surface area contributed by atoms with E-state index in [0.29, 0.717) is 28.2 Å². The summed E-state index contributed by atoms with van der Waals surface area (Å²) in [6.07, 6.45) is -4.85. The van der Waals surface area contributed by atoms with Crippen LogP contribution < -0.4 is 4.90 Å². The summed E-state index contributed by atoms with van der Waals surface area (Å²) in [5.41, 5.74) is -2.72. The van der Waals surface area contributed by atoms with Gasteiger partial charge in [0.2, 0.25) is 10.0 Å². The van der Waals surface area contributed by atoms with Crippen molar-refractivity contribution in [1.82, 2.24) is 4.31 Å². The molecular weight excluding hydrogens is 560 g/mol. The van der Waals surface area contributed by atoms with Crippen molar-refractivity contribution < 1.29 is 31.1 Å². The summed E-state index contributed by atoms with van der Waals surface area (Å²) >= 11 is 5.66. The molecule has 1 N–H and O–H groups in total. The van der Waals surface area contributed by atoms with E-state index in [0.717, 1.165) is 0 Å². The third kappa shape index (κ3) is 5.99. The highest BCUT2D eigenvalue weighted by atomic mass is 32.2. The first-order valence-electron chi connectivity index (χ1n) is 11.6. The van der Waals surface area contributed by atoms with Gasteiger partial charge in [0, 0.05) is 40.9 Å². The summed E-state index contributed by atoms with van der Waals surface area (Å²) in [6, 6.07) is 17.5. The molecule has 0 aromatic heterocycles. The quantitative estimate of drug-likeness (QED) is 0.216. The van der Waals surface area contributed by atoms with Gasteiger partial charge in [0.25, 0.3) is 0 Å². The van der Waals surface area contributed by atoms with E-state index in [9.17, 15) is 31.1 Å². The van der Waals surface area contributed by atoms with Crippen LogP contribution in [0.25, 0.3) is 0 Å². The van der Waals surface area contributed by atoms with Crippen molar-refractivity contribution in [2.45, 2.75) is 39.4 Å². The van der Waals surface area contributed by atoms with E-state index in [2.05, 4.69) is 12.6 Å². The highest BCUT2D eigenvalue weighted by molar-refractivity contribution is 7.99. The van der Waals surface area contributed by atoms with E-state index < -0.39 is 27.6 Å².